The third-order valence-corrected chi connectivity index (χ3v) is 5.10. The number of nitrogens with zero attached hydrogens (tertiary/aromatic N) is 1. The van der Waals surface area contributed by atoms with Crippen LogP contribution in [0.5, 0.6) is 0 Å². The number of rotatable bonds is 3. The highest BCUT2D eigenvalue weighted by Gasteiger charge is 2.44. The van der Waals surface area contributed by atoms with Crippen LogP contribution in [0.2, 0.25) is 0 Å². The van der Waals surface area contributed by atoms with E-state index in [0.29, 0.717) is 12.3 Å². The molecular weight excluding hydrogens is 262 g/mol. The Morgan fingerprint density at radius 2 is 1.95 bits per heavy atom. The van der Waals surface area contributed by atoms with Gasteiger partial charge in [-0.15, -0.1) is 0 Å². The molecule has 1 heterocycles. The van der Waals surface area contributed by atoms with Gasteiger partial charge in [-0.2, -0.15) is 0 Å². The van der Waals surface area contributed by atoms with E-state index in [4.69, 9.17) is 0 Å². The van der Waals surface area contributed by atoms with Crippen molar-refractivity contribution in [2.24, 2.45) is 16.7 Å². The van der Waals surface area contributed by atoms with E-state index in [2.05, 4.69) is 31.8 Å². The Labute approximate surface area is 127 Å². The smallest absolute Gasteiger partial charge is 0.309 e. The summed E-state index contributed by atoms with van der Waals surface area (Å²) in [6.45, 7) is 8.78. The van der Waals surface area contributed by atoms with E-state index in [-0.39, 0.29) is 5.41 Å². The van der Waals surface area contributed by atoms with Crippen LogP contribution in [0.4, 0.5) is 0 Å². The van der Waals surface area contributed by atoms with E-state index < -0.39 is 11.4 Å². The Morgan fingerprint density at radius 1 is 1.33 bits per heavy atom. The van der Waals surface area contributed by atoms with Crippen LogP contribution in [0.25, 0.3) is 0 Å². The Morgan fingerprint density at radius 3 is 2.43 bits per heavy atom. The maximum absolute atomic E-state index is 11.9. The summed E-state index contributed by atoms with van der Waals surface area (Å²) in [5, 5.41) is 9.79. The zero-order chi connectivity index (χ0) is 15.7. The lowest BCUT2D eigenvalue weighted by molar-refractivity contribution is -0.152. The van der Waals surface area contributed by atoms with Crippen molar-refractivity contribution in [3.8, 4) is 0 Å². The Hall–Kier alpha value is -1.38. The van der Waals surface area contributed by atoms with Gasteiger partial charge in [0.25, 0.3) is 0 Å². The first kappa shape index (κ1) is 16.0. The topological polar surface area (TPSA) is 50.2 Å². The van der Waals surface area contributed by atoms with Crippen molar-refractivity contribution in [1.82, 2.24) is 4.98 Å². The summed E-state index contributed by atoms with van der Waals surface area (Å²) < 4.78 is 0. The second-order valence-corrected chi connectivity index (χ2v) is 7.77. The van der Waals surface area contributed by atoms with E-state index in [1.165, 1.54) is 0 Å². The lowest BCUT2D eigenvalue weighted by atomic mass is 9.62. The molecule has 1 N–H and O–H groups in total. The number of aromatic nitrogens is 1. The van der Waals surface area contributed by atoms with Gasteiger partial charge in [-0.3, -0.25) is 9.78 Å². The molecule has 1 saturated carbocycles. The van der Waals surface area contributed by atoms with Crippen LogP contribution in [-0.2, 0) is 11.2 Å². The number of carboxylic acids is 1. The standard InChI is InChI=1S/C18H27NO2/c1-13-9-14(12-19-11-13)10-18(16(20)21)7-5-15(6-8-18)17(2,3)4/h9,11-12,15H,5-8,10H2,1-4H3,(H,20,21). The van der Waals surface area contributed by atoms with Crippen molar-refractivity contribution in [2.75, 3.05) is 0 Å². The number of aryl methyl sites for hydroxylation is 1. The molecule has 116 valence electrons. The normalized spacial score (nSPS) is 26.6. The van der Waals surface area contributed by atoms with Gasteiger partial charge in [0.1, 0.15) is 0 Å². The van der Waals surface area contributed by atoms with Crippen molar-refractivity contribution in [3.05, 3.63) is 29.6 Å². The monoisotopic (exact) mass is 289 g/mol. The first-order valence-electron chi connectivity index (χ1n) is 7.87. The summed E-state index contributed by atoms with van der Waals surface area (Å²) in [6, 6.07) is 2.06. The lowest BCUT2D eigenvalue weighted by Crippen LogP contribution is -2.39. The van der Waals surface area contributed by atoms with E-state index in [1.54, 1.807) is 0 Å². The molecule has 0 aromatic carbocycles. The molecule has 21 heavy (non-hydrogen) atoms. The van der Waals surface area contributed by atoms with Crippen LogP contribution < -0.4 is 0 Å². The number of carbonyl (C=O) groups is 1. The minimum atomic E-state index is -0.642. The zero-order valence-electron chi connectivity index (χ0n) is 13.6. The molecule has 1 aliphatic carbocycles. The van der Waals surface area contributed by atoms with Crippen LogP contribution in [0.15, 0.2) is 18.5 Å². The quantitative estimate of drug-likeness (QED) is 0.905. The number of hydrogen-bond donors (Lipinski definition) is 1. The molecule has 2 rings (SSSR count). The Kier molecular flexibility index (Phi) is 4.40. The highest BCUT2D eigenvalue weighted by Crippen LogP contribution is 2.47. The van der Waals surface area contributed by atoms with Gasteiger partial charge < -0.3 is 5.11 Å². The molecule has 0 spiro atoms. The second-order valence-electron chi connectivity index (χ2n) is 7.77. The van der Waals surface area contributed by atoms with Crippen LogP contribution in [0.3, 0.4) is 0 Å². The summed E-state index contributed by atoms with van der Waals surface area (Å²) in [7, 11) is 0. The zero-order valence-corrected chi connectivity index (χ0v) is 13.6. The van der Waals surface area contributed by atoms with Crippen molar-refractivity contribution >= 4 is 5.97 Å². The van der Waals surface area contributed by atoms with E-state index in [1.807, 2.05) is 19.3 Å². The average Bonchev–Trinajstić information content (AvgIpc) is 2.38. The minimum absolute atomic E-state index is 0.273. The lowest BCUT2D eigenvalue weighted by Gasteiger charge is -2.42. The van der Waals surface area contributed by atoms with Crippen LogP contribution >= 0.6 is 0 Å². The van der Waals surface area contributed by atoms with Crippen LogP contribution in [0, 0.1) is 23.7 Å². The van der Waals surface area contributed by atoms with Crippen molar-refractivity contribution < 1.29 is 9.90 Å². The molecule has 3 nitrogen and oxygen atoms in total. The maximum Gasteiger partial charge on any atom is 0.309 e. The molecule has 0 saturated heterocycles. The fourth-order valence-corrected chi connectivity index (χ4v) is 3.61. The van der Waals surface area contributed by atoms with E-state index in [9.17, 15) is 9.90 Å². The number of aliphatic carboxylic acids is 1. The molecular formula is C18H27NO2. The summed E-state index contributed by atoms with van der Waals surface area (Å²) >= 11 is 0. The van der Waals surface area contributed by atoms with E-state index in [0.717, 1.165) is 36.8 Å². The molecule has 0 bridgehead atoms. The first-order chi connectivity index (χ1) is 9.73. The van der Waals surface area contributed by atoms with Crippen LogP contribution in [0.1, 0.15) is 57.6 Å². The predicted molar refractivity (Wildman–Crippen MR) is 84.2 cm³/mol. The number of pyridine rings is 1. The Balaban J connectivity index is 2.15. The third-order valence-electron chi connectivity index (χ3n) is 5.10. The van der Waals surface area contributed by atoms with Crippen LogP contribution in [-0.4, -0.2) is 16.1 Å². The summed E-state index contributed by atoms with van der Waals surface area (Å²) in [6.07, 6.45) is 7.80. The molecule has 0 aliphatic heterocycles. The molecule has 0 radical (unpaired) electrons. The summed E-state index contributed by atoms with van der Waals surface area (Å²) in [5.41, 5.74) is 1.82. The number of hydrogen-bond acceptors (Lipinski definition) is 2. The third kappa shape index (κ3) is 3.63. The molecule has 0 amide bonds. The van der Waals surface area contributed by atoms with Gasteiger partial charge in [0.05, 0.1) is 5.41 Å². The van der Waals surface area contributed by atoms with Gasteiger partial charge in [-0.1, -0.05) is 26.8 Å². The summed E-state index contributed by atoms with van der Waals surface area (Å²) in [5.74, 6) is -0.0167. The molecule has 1 aromatic heterocycles. The molecule has 3 heteroatoms. The fourth-order valence-electron chi connectivity index (χ4n) is 3.61. The summed E-state index contributed by atoms with van der Waals surface area (Å²) in [4.78, 5) is 16.1. The second kappa shape index (κ2) is 5.78. The van der Waals surface area contributed by atoms with Gasteiger partial charge >= 0.3 is 5.97 Å². The van der Waals surface area contributed by atoms with Gasteiger partial charge in [0.2, 0.25) is 0 Å². The molecule has 1 aromatic rings. The Bertz CT molecular complexity index is 508. The van der Waals surface area contributed by atoms with Crippen molar-refractivity contribution in [1.29, 1.82) is 0 Å². The predicted octanol–water partition coefficient (Wildman–Crippen LogP) is 4.24. The minimum Gasteiger partial charge on any atom is -0.481 e. The SMILES string of the molecule is Cc1cncc(CC2(C(=O)O)CCC(C(C)(C)C)CC2)c1. The number of carboxylic acid groups (broad SMARTS) is 1. The molecule has 0 atom stereocenters. The largest absolute Gasteiger partial charge is 0.481 e. The highest BCUT2D eigenvalue weighted by molar-refractivity contribution is 5.75. The molecule has 0 unspecified atom stereocenters. The molecule has 1 fully saturated rings. The van der Waals surface area contributed by atoms with Gasteiger partial charge in [0, 0.05) is 12.4 Å². The van der Waals surface area contributed by atoms with Gasteiger partial charge in [0.15, 0.2) is 0 Å². The average molecular weight is 289 g/mol. The van der Waals surface area contributed by atoms with E-state index >= 15 is 0 Å². The van der Waals surface area contributed by atoms with Crippen molar-refractivity contribution in [3.63, 3.8) is 0 Å². The fraction of sp³-hybridized carbons (Fsp3) is 0.667. The first-order valence-corrected chi connectivity index (χ1v) is 7.87. The highest BCUT2D eigenvalue weighted by atomic mass is 16.4. The maximum atomic E-state index is 11.9. The van der Waals surface area contributed by atoms with Gasteiger partial charge in [-0.05, 0) is 61.5 Å². The van der Waals surface area contributed by atoms with Gasteiger partial charge in [-0.25, -0.2) is 0 Å². The molecule has 1 aliphatic rings. The van der Waals surface area contributed by atoms with Crippen molar-refractivity contribution in [2.45, 2.75) is 59.8 Å².